The molecule has 0 amide bonds. The second-order valence-corrected chi connectivity index (χ2v) is 4.81. The molecule has 1 fully saturated rings. The van der Waals surface area contributed by atoms with Crippen LogP contribution in [0.1, 0.15) is 31.5 Å². The smallest absolute Gasteiger partial charge is 0.135 e. The molecule has 0 aromatic carbocycles. The second kappa shape index (κ2) is 3.74. The Hall–Kier alpha value is -1.55. The number of ether oxygens (including phenoxy) is 1. The van der Waals surface area contributed by atoms with Crippen molar-refractivity contribution in [3.8, 4) is 5.75 Å². The molecular formula is C13H17N3O. The maximum Gasteiger partial charge on any atom is 0.135 e. The molecule has 2 heterocycles. The van der Waals surface area contributed by atoms with Crippen LogP contribution in [0.15, 0.2) is 24.5 Å². The first kappa shape index (κ1) is 10.6. The summed E-state index contributed by atoms with van der Waals surface area (Å²) in [4.78, 5) is 4.51. The van der Waals surface area contributed by atoms with E-state index in [4.69, 9.17) is 10.5 Å². The molecule has 0 atom stereocenters. The van der Waals surface area contributed by atoms with E-state index in [0.29, 0.717) is 0 Å². The summed E-state index contributed by atoms with van der Waals surface area (Å²) in [5, 5.41) is 0. The summed E-state index contributed by atoms with van der Waals surface area (Å²) in [6.07, 6.45) is 8.25. The van der Waals surface area contributed by atoms with Crippen LogP contribution in [-0.2, 0) is 5.54 Å². The van der Waals surface area contributed by atoms with E-state index >= 15 is 0 Å². The first-order valence-corrected chi connectivity index (χ1v) is 6.03. The largest absolute Gasteiger partial charge is 0.495 e. The molecule has 17 heavy (non-hydrogen) atoms. The summed E-state index contributed by atoms with van der Waals surface area (Å²) in [6.45, 7) is 0. The van der Waals surface area contributed by atoms with Gasteiger partial charge in [0.1, 0.15) is 11.6 Å². The number of aromatic nitrogens is 2. The van der Waals surface area contributed by atoms with Gasteiger partial charge in [-0.1, -0.05) is 12.8 Å². The molecule has 90 valence electrons. The van der Waals surface area contributed by atoms with Gasteiger partial charge in [0.2, 0.25) is 0 Å². The minimum absolute atomic E-state index is 0.265. The SMILES string of the molecule is COc1ccc2cnc(C3(N)CCCC3)n2c1. The number of hydrogen-bond donors (Lipinski definition) is 1. The van der Waals surface area contributed by atoms with E-state index in [1.54, 1.807) is 7.11 Å². The van der Waals surface area contributed by atoms with Crippen LogP contribution in [0.5, 0.6) is 5.75 Å². The van der Waals surface area contributed by atoms with Crippen LogP contribution >= 0.6 is 0 Å². The highest BCUT2D eigenvalue weighted by Gasteiger charge is 2.34. The van der Waals surface area contributed by atoms with Crippen molar-refractivity contribution in [2.45, 2.75) is 31.2 Å². The van der Waals surface area contributed by atoms with Crippen LogP contribution in [0, 0.1) is 0 Å². The standard InChI is InChI=1S/C13H17N3O/c1-17-11-5-4-10-8-15-12(16(10)9-11)13(14)6-2-3-7-13/h4-5,8-9H,2-3,6-7,14H2,1H3. The quantitative estimate of drug-likeness (QED) is 0.860. The molecule has 4 heteroatoms. The van der Waals surface area contributed by atoms with Crippen LogP contribution in [0.2, 0.25) is 0 Å². The molecule has 2 aromatic heterocycles. The van der Waals surface area contributed by atoms with Crippen molar-refractivity contribution in [2.75, 3.05) is 7.11 Å². The molecule has 1 aliphatic carbocycles. The monoisotopic (exact) mass is 231 g/mol. The van der Waals surface area contributed by atoms with Gasteiger partial charge < -0.3 is 10.5 Å². The van der Waals surface area contributed by atoms with Crippen LogP contribution < -0.4 is 10.5 Å². The molecule has 1 saturated carbocycles. The van der Waals surface area contributed by atoms with E-state index in [0.717, 1.165) is 29.9 Å². The predicted octanol–water partition coefficient (Wildman–Crippen LogP) is 2.07. The van der Waals surface area contributed by atoms with E-state index in [2.05, 4.69) is 9.38 Å². The van der Waals surface area contributed by atoms with Gasteiger partial charge in [-0.3, -0.25) is 4.40 Å². The molecule has 0 radical (unpaired) electrons. The maximum absolute atomic E-state index is 6.46. The van der Waals surface area contributed by atoms with Gasteiger partial charge in [0.25, 0.3) is 0 Å². The lowest BCUT2D eigenvalue weighted by molar-refractivity contribution is 0.406. The predicted molar refractivity (Wildman–Crippen MR) is 66.1 cm³/mol. The summed E-state index contributed by atoms with van der Waals surface area (Å²) in [5.74, 6) is 1.79. The average Bonchev–Trinajstić information content (AvgIpc) is 2.95. The summed E-state index contributed by atoms with van der Waals surface area (Å²) in [7, 11) is 1.67. The zero-order valence-electron chi connectivity index (χ0n) is 10.0. The van der Waals surface area contributed by atoms with Crippen LogP contribution in [-0.4, -0.2) is 16.5 Å². The van der Waals surface area contributed by atoms with Gasteiger partial charge in [-0.2, -0.15) is 0 Å². The fraction of sp³-hybridized carbons (Fsp3) is 0.462. The van der Waals surface area contributed by atoms with Gasteiger partial charge in [0.15, 0.2) is 0 Å². The normalized spacial score (nSPS) is 18.7. The first-order valence-electron chi connectivity index (χ1n) is 6.03. The minimum Gasteiger partial charge on any atom is -0.495 e. The highest BCUT2D eigenvalue weighted by molar-refractivity contribution is 5.49. The topological polar surface area (TPSA) is 52.5 Å². The molecule has 1 aliphatic rings. The Morgan fingerprint density at radius 2 is 2.12 bits per heavy atom. The zero-order chi connectivity index (χ0) is 11.9. The lowest BCUT2D eigenvalue weighted by Gasteiger charge is -2.22. The van der Waals surface area contributed by atoms with E-state index in [1.165, 1.54) is 12.8 Å². The van der Waals surface area contributed by atoms with E-state index in [1.807, 2.05) is 24.5 Å². The lowest BCUT2D eigenvalue weighted by atomic mass is 9.98. The number of pyridine rings is 1. The van der Waals surface area contributed by atoms with Crippen molar-refractivity contribution in [3.05, 3.63) is 30.4 Å². The third-order valence-corrected chi connectivity index (χ3v) is 3.68. The lowest BCUT2D eigenvalue weighted by Crippen LogP contribution is -2.35. The molecule has 2 N–H and O–H groups in total. The van der Waals surface area contributed by atoms with E-state index in [-0.39, 0.29) is 5.54 Å². The molecule has 0 unspecified atom stereocenters. The zero-order valence-corrected chi connectivity index (χ0v) is 10.0. The summed E-state index contributed by atoms with van der Waals surface area (Å²) >= 11 is 0. The Labute approximate surface area is 100 Å². The Balaban J connectivity index is 2.16. The molecule has 0 saturated heterocycles. The van der Waals surface area contributed by atoms with Crippen molar-refractivity contribution >= 4 is 5.52 Å². The molecule has 0 bridgehead atoms. The number of methoxy groups -OCH3 is 1. The Morgan fingerprint density at radius 3 is 2.82 bits per heavy atom. The molecule has 3 rings (SSSR count). The van der Waals surface area contributed by atoms with Crippen LogP contribution in [0.25, 0.3) is 5.52 Å². The summed E-state index contributed by atoms with van der Waals surface area (Å²) < 4.78 is 7.31. The third-order valence-electron chi connectivity index (χ3n) is 3.68. The molecule has 4 nitrogen and oxygen atoms in total. The van der Waals surface area contributed by atoms with E-state index in [9.17, 15) is 0 Å². The Kier molecular flexibility index (Phi) is 2.33. The molecule has 0 aliphatic heterocycles. The second-order valence-electron chi connectivity index (χ2n) is 4.81. The number of imidazole rings is 1. The Morgan fingerprint density at radius 1 is 1.35 bits per heavy atom. The van der Waals surface area contributed by atoms with Crippen molar-refractivity contribution < 1.29 is 4.74 Å². The van der Waals surface area contributed by atoms with Crippen molar-refractivity contribution in [2.24, 2.45) is 5.73 Å². The molecule has 2 aromatic rings. The van der Waals surface area contributed by atoms with Gasteiger partial charge in [0.05, 0.1) is 30.6 Å². The number of rotatable bonds is 2. The first-order chi connectivity index (χ1) is 8.23. The fourth-order valence-electron chi connectivity index (χ4n) is 2.69. The van der Waals surface area contributed by atoms with Crippen molar-refractivity contribution in [3.63, 3.8) is 0 Å². The number of fused-ring (bicyclic) bond motifs is 1. The third kappa shape index (κ3) is 1.60. The van der Waals surface area contributed by atoms with E-state index < -0.39 is 0 Å². The fourth-order valence-corrected chi connectivity index (χ4v) is 2.69. The maximum atomic E-state index is 6.46. The highest BCUT2D eigenvalue weighted by Crippen LogP contribution is 2.36. The van der Waals surface area contributed by atoms with Crippen LogP contribution in [0.3, 0.4) is 0 Å². The number of nitrogens with two attached hydrogens (primary N) is 1. The number of hydrogen-bond acceptors (Lipinski definition) is 3. The van der Waals surface area contributed by atoms with Crippen molar-refractivity contribution in [1.29, 1.82) is 0 Å². The average molecular weight is 231 g/mol. The van der Waals surface area contributed by atoms with Gasteiger partial charge in [0, 0.05) is 0 Å². The van der Waals surface area contributed by atoms with Gasteiger partial charge >= 0.3 is 0 Å². The van der Waals surface area contributed by atoms with Gasteiger partial charge in [-0.15, -0.1) is 0 Å². The number of nitrogens with zero attached hydrogens (tertiary/aromatic N) is 2. The highest BCUT2D eigenvalue weighted by atomic mass is 16.5. The van der Waals surface area contributed by atoms with Crippen LogP contribution in [0.4, 0.5) is 0 Å². The summed E-state index contributed by atoms with van der Waals surface area (Å²) in [6, 6.07) is 3.95. The van der Waals surface area contributed by atoms with Gasteiger partial charge in [-0.25, -0.2) is 4.98 Å². The molecule has 0 spiro atoms. The summed E-state index contributed by atoms with van der Waals surface area (Å²) in [5.41, 5.74) is 7.26. The minimum atomic E-state index is -0.265. The Bertz CT molecular complexity index is 541. The van der Waals surface area contributed by atoms with Crippen molar-refractivity contribution in [1.82, 2.24) is 9.38 Å². The molecular weight excluding hydrogens is 214 g/mol. The van der Waals surface area contributed by atoms with Gasteiger partial charge in [-0.05, 0) is 25.0 Å².